The van der Waals surface area contributed by atoms with Crippen LogP contribution in [0.1, 0.15) is 206 Å². The van der Waals surface area contributed by atoms with Gasteiger partial charge in [0.15, 0.2) is 0 Å². The highest BCUT2D eigenvalue weighted by molar-refractivity contribution is 7.80. The van der Waals surface area contributed by atoms with Crippen molar-refractivity contribution in [3.05, 3.63) is 24.3 Å². The third kappa shape index (κ3) is 42.1. The summed E-state index contributed by atoms with van der Waals surface area (Å²) >= 11 is 0. The Morgan fingerprint density at radius 1 is 0.561 bits per heavy atom. The van der Waals surface area contributed by atoms with Crippen LogP contribution in [0.4, 0.5) is 0 Å². The normalized spacial score (nSPS) is 14.1. The molecule has 3 N–H and O–H groups in total. The summed E-state index contributed by atoms with van der Waals surface area (Å²) in [7, 11) is -1.67. The first kappa shape index (κ1) is 57.3. The Bertz CT molecular complexity index is 1020. The van der Waals surface area contributed by atoms with Gasteiger partial charge in [-0.2, -0.15) is 0 Å². The van der Waals surface area contributed by atoms with E-state index in [9.17, 15) is 37.9 Å². The number of carboxylic acids is 2. The van der Waals surface area contributed by atoms with Crippen LogP contribution < -0.4 is 0 Å². The molecule has 2 atom stereocenters. The predicted molar refractivity (Wildman–Crippen MR) is 235 cm³/mol. The second-order valence-electron chi connectivity index (χ2n) is 16.5. The van der Waals surface area contributed by atoms with Crippen LogP contribution >= 0.6 is 0 Å². The maximum Gasteiger partial charge on any atom is 0.312 e. The van der Waals surface area contributed by atoms with Gasteiger partial charge >= 0.3 is 11.9 Å². The van der Waals surface area contributed by atoms with Crippen LogP contribution in [0.15, 0.2) is 24.3 Å². The molecule has 0 aromatic rings. The van der Waals surface area contributed by atoms with Gasteiger partial charge in [-0.15, -0.1) is 0 Å². The second-order valence-corrected chi connectivity index (χ2v) is 17.7. The van der Waals surface area contributed by atoms with Gasteiger partial charge in [-0.3, -0.25) is 13.8 Å². The van der Waals surface area contributed by atoms with Crippen molar-refractivity contribution in [1.29, 1.82) is 0 Å². The van der Waals surface area contributed by atoms with Gasteiger partial charge in [-0.05, 0) is 64.2 Å². The number of carbonyl (C=O) groups is 2. The van der Waals surface area contributed by atoms with E-state index >= 15 is 0 Å². The molecule has 2 unspecified atom stereocenters. The van der Waals surface area contributed by atoms with Crippen molar-refractivity contribution >= 4 is 22.3 Å². The molecule has 0 aromatic heterocycles. The number of quaternary nitrogens is 1. The lowest BCUT2D eigenvalue weighted by Gasteiger charge is -2.38. The first-order chi connectivity index (χ1) is 27.4. The average molecular weight is 832 g/mol. The van der Waals surface area contributed by atoms with Gasteiger partial charge < -0.3 is 24.4 Å². The number of hydrogen-bond acceptors (Lipinski definition) is 7. The summed E-state index contributed by atoms with van der Waals surface area (Å²) in [5.41, 5.74) is 0. The Balaban J connectivity index is 0. The molecule has 0 fully saturated rings. The van der Waals surface area contributed by atoms with Crippen LogP contribution in [0.25, 0.3) is 0 Å². The van der Waals surface area contributed by atoms with Gasteiger partial charge in [-0.1, -0.05) is 167 Å². The summed E-state index contributed by atoms with van der Waals surface area (Å²) in [5.74, 6) is -2.63. The largest absolute Gasteiger partial charge is 0.726 e. The SMILES string of the molecule is CCCCCCCC/C=C\CCCCCCCCC(C[N+](C)(CCO)CC(CCCCCCCC/C=C\CCCCCCCC)C(=O)O)C(=O)O.COS(=O)(=O)[O-]. The number of allylic oxidation sites excluding steroid dienone is 4. The second kappa shape index (κ2) is 41.0. The fraction of sp³-hybridized carbons (Fsp3) is 0.870. The lowest BCUT2D eigenvalue weighted by molar-refractivity contribution is -0.914. The lowest BCUT2D eigenvalue weighted by Crippen LogP contribution is -2.53. The Morgan fingerprint density at radius 3 is 1.07 bits per heavy atom. The van der Waals surface area contributed by atoms with Crippen molar-refractivity contribution in [2.45, 2.75) is 206 Å². The van der Waals surface area contributed by atoms with E-state index in [4.69, 9.17) is 0 Å². The molecular formula is C46H89NO9S. The highest BCUT2D eigenvalue weighted by Gasteiger charge is 2.34. The van der Waals surface area contributed by atoms with Crippen LogP contribution in [0, 0.1) is 11.8 Å². The van der Waals surface area contributed by atoms with Crippen LogP contribution in [0.2, 0.25) is 0 Å². The van der Waals surface area contributed by atoms with E-state index in [1.165, 1.54) is 128 Å². The van der Waals surface area contributed by atoms with E-state index in [-0.39, 0.29) is 6.61 Å². The predicted octanol–water partition coefficient (Wildman–Crippen LogP) is 11.8. The van der Waals surface area contributed by atoms with E-state index < -0.39 is 34.2 Å². The molecule has 0 aliphatic heterocycles. The number of aliphatic hydroxyl groups excluding tert-OH is 1. The first-order valence-corrected chi connectivity index (χ1v) is 24.4. The summed E-state index contributed by atoms with van der Waals surface area (Å²) in [6.45, 7) is 5.58. The van der Waals surface area contributed by atoms with Crippen molar-refractivity contribution in [3.8, 4) is 0 Å². The summed E-state index contributed by atoms with van der Waals surface area (Å²) in [6, 6.07) is 0. The third-order valence-corrected chi connectivity index (χ3v) is 11.4. The van der Waals surface area contributed by atoms with Gasteiger partial charge in [0.2, 0.25) is 10.4 Å². The zero-order chi connectivity index (χ0) is 42.9. The van der Waals surface area contributed by atoms with E-state index in [0.29, 0.717) is 37.0 Å². The Labute approximate surface area is 350 Å². The minimum Gasteiger partial charge on any atom is -0.726 e. The molecule has 0 saturated heterocycles. The number of rotatable bonds is 41. The molecule has 0 saturated carbocycles. The van der Waals surface area contributed by atoms with Gasteiger partial charge in [-0.25, -0.2) is 8.42 Å². The number of likely N-dealkylation sites (N-methyl/N-ethyl adjacent to an activating group) is 1. The number of carboxylic acid groups (broad SMARTS) is 2. The Morgan fingerprint density at radius 2 is 0.825 bits per heavy atom. The summed E-state index contributed by atoms with van der Waals surface area (Å²) in [4.78, 5) is 24.5. The summed E-state index contributed by atoms with van der Waals surface area (Å²) < 4.78 is 31.3. The highest BCUT2D eigenvalue weighted by atomic mass is 32.3. The maximum atomic E-state index is 12.2. The topological polar surface area (TPSA) is 161 Å². The van der Waals surface area contributed by atoms with Crippen molar-refractivity contribution in [3.63, 3.8) is 0 Å². The fourth-order valence-electron chi connectivity index (χ4n) is 7.42. The van der Waals surface area contributed by atoms with Gasteiger partial charge in [0.1, 0.15) is 18.4 Å². The van der Waals surface area contributed by atoms with E-state index in [1.54, 1.807) is 0 Å². The monoisotopic (exact) mass is 832 g/mol. The quantitative estimate of drug-likeness (QED) is 0.0179. The van der Waals surface area contributed by atoms with Crippen molar-refractivity contribution in [1.82, 2.24) is 0 Å². The standard InChI is InChI=1S/C45H85NO5.CH4O4S/c1-4-6-8-10-12-14-16-18-20-22-24-26-28-30-32-34-36-42(44(48)49)40-46(3,38-39-47)41-43(45(50)51)37-35-33-31-29-27-25-23-21-19-17-15-13-11-9-7-5-2;1-5-6(2,3)4/h18-21,42-43,47H,4-17,22-41H2,1-3H3,(H-,48,49,50,51);1H3,(H,2,3,4)/b20-18-,21-19-;. The molecule has 0 aliphatic rings. The van der Waals surface area contributed by atoms with Crippen LogP contribution in [-0.4, -0.2) is 85.1 Å². The van der Waals surface area contributed by atoms with Crippen molar-refractivity contribution in [2.75, 3.05) is 40.4 Å². The molecule has 10 nitrogen and oxygen atoms in total. The number of aliphatic carboxylic acids is 2. The highest BCUT2D eigenvalue weighted by Crippen LogP contribution is 2.22. The molecular weight excluding hydrogens is 743 g/mol. The lowest BCUT2D eigenvalue weighted by atomic mass is 9.95. The molecule has 11 heteroatoms. The van der Waals surface area contributed by atoms with Crippen LogP contribution in [-0.2, 0) is 24.2 Å². The molecule has 338 valence electrons. The Kier molecular flexibility index (Phi) is 41.2. The van der Waals surface area contributed by atoms with Crippen LogP contribution in [0.5, 0.6) is 0 Å². The number of hydrogen-bond donors (Lipinski definition) is 3. The molecule has 0 rings (SSSR count). The fourth-order valence-corrected chi connectivity index (χ4v) is 7.42. The molecule has 0 amide bonds. The molecule has 57 heavy (non-hydrogen) atoms. The smallest absolute Gasteiger partial charge is 0.312 e. The van der Waals surface area contributed by atoms with Crippen molar-refractivity contribution in [2.24, 2.45) is 11.8 Å². The number of aliphatic hydroxyl groups is 1. The maximum absolute atomic E-state index is 12.2. The van der Waals surface area contributed by atoms with E-state index in [0.717, 1.165) is 58.5 Å². The summed E-state index contributed by atoms with van der Waals surface area (Å²) in [6.07, 6.45) is 45.0. The van der Waals surface area contributed by atoms with Gasteiger partial charge in [0.05, 0.1) is 33.9 Å². The van der Waals surface area contributed by atoms with Gasteiger partial charge in [0, 0.05) is 0 Å². The molecule has 0 spiro atoms. The minimum atomic E-state index is -4.41. The van der Waals surface area contributed by atoms with Gasteiger partial charge in [0.25, 0.3) is 0 Å². The number of nitrogens with zero attached hydrogens (tertiary/aromatic N) is 1. The van der Waals surface area contributed by atoms with Crippen molar-refractivity contribution < 1.29 is 46.5 Å². The van der Waals surface area contributed by atoms with Crippen LogP contribution in [0.3, 0.4) is 0 Å². The van der Waals surface area contributed by atoms with E-state index in [1.807, 2.05) is 7.05 Å². The molecule has 0 aliphatic carbocycles. The Hall–Kier alpha value is -1.79. The zero-order valence-corrected chi connectivity index (χ0v) is 38.0. The zero-order valence-electron chi connectivity index (χ0n) is 37.2. The first-order valence-electron chi connectivity index (χ1n) is 23.1. The molecule has 0 radical (unpaired) electrons. The number of unbranched alkanes of at least 4 members (excludes halogenated alkanes) is 24. The summed E-state index contributed by atoms with van der Waals surface area (Å²) in [5, 5.41) is 29.9. The van der Waals surface area contributed by atoms with E-state index in [2.05, 4.69) is 42.3 Å². The minimum absolute atomic E-state index is 0.0718. The molecule has 0 bridgehead atoms. The average Bonchev–Trinajstić information content (AvgIpc) is 3.16. The molecule has 0 heterocycles. The third-order valence-electron chi connectivity index (χ3n) is 11.0. The molecule has 0 aromatic carbocycles.